The molecule has 1 aromatic carbocycles. The van der Waals surface area contributed by atoms with Gasteiger partial charge in [0.2, 0.25) is 23.6 Å². The minimum absolute atomic E-state index is 0.0234. The van der Waals surface area contributed by atoms with Crippen molar-refractivity contribution < 1.29 is 44.1 Å². The van der Waals surface area contributed by atoms with Crippen LogP contribution in [-0.4, -0.2) is 93.6 Å². The van der Waals surface area contributed by atoms with Crippen LogP contribution in [0.1, 0.15) is 65.4 Å². The number of nitrogens with one attached hydrogen (secondary N) is 4. The summed E-state index contributed by atoms with van der Waals surface area (Å²) in [6.45, 7) is 6.80. The van der Waals surface area contributed by atoms with Crippen LogP contribution < -0.4 is 38.5 Å². The van der Waals surface area contributed by atoms with Gasteiger partial charge in [0.25, 0.3) is 0 Å². The first-order valence-electron chi connectivity index (χ1n) is 15.7. The van der Waals surface area contributed by atoms with E-state index < -0.39 is 84.0 Å². The first kappa shape index (κ1) is 41.1. The molecule has 4 amide bonds. The fraction of sp³-hybridized carbons (Fsp3) is 0.581. The number of phenolic OH excluding ortho intramolecular Hbond substituents is 1. The van der Waals surface area contributed by atoms with Crippen molar-refractivity contribution in [2.45, 2.75) is 96.4 Å². The lowest BCUT2D eigenvalue weighted by molar-refractivity contribution is -0.144. The predicted octanol–water partition coefficient (Wildman–Crippen LogP) is -1.09. The maximum Gasteiger partial charge on any atom is 0.326 e. The molecule has 48 heavy (non-hydrogen) atoms. The molecule has 0 fully saturated rings. The maximum atomic E-state index is 13.5. The SMILES string of the molecule is CC[C@H](C)[C@H](NC(=O)[C@H](CCCN=C(N)N)NC(=O)[C@H](CCC(=O)O)NC(=O)[C@@H](NC(=O)[C@@H](N)Cc1ccc(O)cc1)C(C)C)C(=O)O. The number of carboxylic acids is 2. The summed E-state index contributed by atoms with van der Waals surface area (Å²) in [7, 11) is 0. The van der Waals surface area contributed by atoms with E-state index in [1.807, 2.05) is 0 Å². The van der Waals surface area contributed by atoms with Crippen LogP contribution in [0, 0.1) is 11.8 Å². The molecule has 17 nitrogen and oxygen atoms in total. The number of nitrogens with zero attached hydrogens (tertiary/aromatic N) is 1. The minimum atomic E-state index is -1.45. The smallest absolute Gasteiger partial charge is 0.326 e. The van der Waals surface area contributed by atoms with E-state index in [1.165, 1.54) is 12.1 Å². The molecular weight excluding hydrogens is 628 g/mol. The van der Waals surface area contributed by atoms with Gasteiger partial charge in [-0.05, 0) is 55.2 Å². The zero-order valence-electron chi connectivity index (χ0n) is 27.8. The maximum absolute atomic E-state index is 13.5. The summed E-state index contributed by atoms with van der Waals surface area (Å²) in [6, 6.07) is -0.134. The topological polar surface area (TPSA) is 302 Å². The second-order valence-corrected chi connectivity index (χ2v) is 11.9. The number of hydrogen-bond donors (Lipinski definition) is 10. The van der Waals surface area contributed by atoms with Gasteiger partial charge < -0.3 is 53.8 Å². The molecular formula is C31H50N8O9. The molecule has 0 radical (unpaired) electrons. The number of benzene rings is 1. The largest absolute Gasteiger partial charge is 0.508 e. The zero-order valence-corrected chi connectivity index (χ0v) is 27.8. The summed E-state index contributed by atoms with van der Waals surface area (Å²) in [6.07, 6.45) is -0.157. The number of aliphatic carboxylic acids is 2. The number of aliphatic imine (C=N–C) groups is 1. The normalized spacial score (nSPS) is 14.7. The Balaban J connectivity index is 3.18. The van der Waals surface area contributed by atoms with Crippen LogP contribution in [0.2, 0.25) is 0 Å². The van der Waals surface area contributed by atoms with E-state index in [9.17, 15) is 44.1 Å². The Kier molecular flexibility index (Phi) is 17.4. The number of amides is 4. The van der Waals surface area contributed by atoms with E-state index in [0.717, 1.165) is 0 Å². The van der Waals surface area contributed by atoms with E-state index in [2.05, 4.69) is 26.3 Å². The van der Waals surface area contributed by atoms with Gasteiger partial charge in [-0.15, -0.1) is 0 Å². The molecule has 0 aliphatic carbocycles. The highest BCUT2D eigenvalue weighted by atomic mass is 16.4. The van der Waals surface area contributed by atoms with Gasteiger partial charge in [0.1, 0.15) is 29.9 Å². The van der Waals surface area contributed by atoms with Crippen LogP contribution >= 0.6 is 0 Å². The van der Waals surface area contributed by atoms with Crippen LogP contribution in [0.15, 0.2) is 29.3 Å². The molecule has 0 spiro atoms. The molecule has 13 N–H and O–H groups in total. The van der Waals surface area contributed by atoms with Gasteiger partial charge in [-0.3, -0.25) is 29.0 Å². The fourth-order valence-corrected chi connectivity index (χ4v) is 4.55. The third-order valence-corrected chi connectivity index (χ3v) is 7.61. The molecule has 6 atom stereocenters. The molecule has 0 saturated carbocycles. The summed E-state index contributed by atoms with van der Waals surface area (Å²) in [5.74, 6) is -6.74. The molecule has 17 heteroatoms. The van der Waals surface area contributed by atoms with Crippen molar-refractivity contribution in [1.29, 1.82) is 0 Å². The first-order valence-corrected chi connectivity index (χ1v) is 15.7. The Labute approximate surface area is 279 Å². The Morgan fingerprint density at radius 3 is 1.85 bits per heavy atom. The summed E-state index contributed by atoms with van der Waals surface area (Å²) in [4.78, 5) is 80.2. The van der Waals surface area contributed by atoms with E-state index in [-0.39, 0.29) is 43.9 Å². The Hall–Kier alpha value is -4.93. The van der Waals surface area contributed by atoms with Crippen LogP contribution in [0.5, 0.6) is 5.75 Å². The lowest BCUT2D eigenvalue weighted by Gasteiger charge is -2.28. The third-order valence-electron chi connectivity index (χ3n) is 7.61. The van der Waals surface area contributed by atoms with Crippen LogP contribution in [0.3, 0.4) is 0 Å². The lowest BCUT2D eigenvalue weighted by atomic mass is 9.98. The molecule has 0 saturated heterocycles. The summed E-state index contributed by atoms with van der Waals surface area (Å²) in [5, 5.41) is 38.4. The molecule has 0 aliphatic rings. The lowest BCUT2D eigenvalue weighted by Crippen LogP contribution is -2.59. The van der Waals surface area contributed by atoms with Gasteiger partial charge in [0.15, 0.2) is 5.96 Å². The number of rotatable bonds is 21. The van der Waals surface area contributed by atoms with Gasteiger partial charge >= 0.3 is 11.9 Å². The van der Waals surface area contributed by atoms with Crippen molar-refractivity contribution in [2.75, 3.05) is 6.54 Å². The second kappa shape index (κ2) is 20.3. The van der Waals surface area contributed by atoms with Crippen molar-refractivity contribution in [2.24, 2.45) is 34.0 Å². The molecule has 1 aromatic rings. The van der Waals surface area contributed by atoms with Crippen LogP contribution in [0.4, 0.5) is 0 Å². The number of carbonyl (C=O) groups is 6. The van der Waals surface area contributed by atoms with E-state index >= 15 is 0 Å². The Bertz CT molecular complexity index is 1290. The Morgan fingerprint density at radius 1 is 0.792 bits per heavy atom. The third kappa shape index (κ3) is 14.7. The Morgan fingerprint density at radius 2 is 1.33 bits per heavy atom. The van der Waals surface area contributed by atoms with Gasteiger partial charge in [0.05, 0.1) is 6.04 Å². The second-order valence-electron chi connectivity index (χ2n) is 11.9. The van der Waals surface area contributed by atoms with Gasteiger partial charge in [-0.1, -0.05) is 46.2 Å². The average Bonchev–Trinajstić information content (AvgIpc) is 3.01. The van der Waals surface area contributed by atoms with E-state index in [1.54, 1.807) is 39.8 Å². The standard InChI is InChI=1S/C31H50N8O9/c1-5-17(4)25(30(47)48)39-28(45)21(7-6-14-35-31(33)34)36-27(44)22(12-13-23(41)42)37-29(46)24(16(2)3)38-26(43)20(32)15-18-8-10-19(40)11-9-18/h8-11,16-17,20-22,24-25,40H,5-7,12-15,32H2,1-4H3,(H,36,44)(H,37,46)(H,38,43)(H,39,45)(H,41,42)(H,47,48)(H4,33,34,35)/t17-,20-,21-,22-,24-,25-/m0/s1. The molecule has 0 aliphatic heterocycles. The van der Waals surface area contributed by atoms with Crippen molar-refractivity contribution >= 4 is 41.5 Å². The fourth-order valence-electron chi connectivity index (χ4n) is 4.55. The number of nitrogens with two attached hydrogens (primary N) is 3. The van der Waals surface area contributed by atoms with Crippen molar-refractivity contribution in [3.63, 3.8) is 0 Å². The molecule has 0 aromatic heterocycles. The number of hydrogen-bond acceptors (Lipinski definition) is 9. The van der Waals surface area contributed by atoms with Crippen molar-refractivity contribution in [3.8, 4) is 5.75 Å². The monoisotopic (exact) mass is 678 g/mol. The van der Waals surface area contributed by atoms with Crippen LogP contribution in [-0.2, 0) is 35.2 Å². The number of carboxylic acid groups (broad SMARTS) is 2. The highest BCUT2D eigenvalue weighted by Gasteiger charge is 2.33. The quantitative estimate of drug-likeness (QED) is 0.0421. The van der Waals surface area contributed by atoms with Crippen molar-refractivity contribution in [1.82, 2.24) is 21.3 Å². The molecule has 0 unspecified atom stereocenters. The number of phenols is 1. The summed E-state index contributed by atoms with van der Waals surface area (Å²) < 4.78 is 0. The van der Waals surface area contributed by atoms with Gasteiger partial charge in [-0.25, -0.2) is 4.79 Å². The summed E-state index contributed by atoms with van der Waals surface area (Å²) >= 11 is 0. The molecule has 0 heterocycles. The number of aromatic hydroxyl groups is 1. The van der Waals surface area contributed by atoms with E-state index in [4.69, 9.17) is 17.2 Å². The summed E-state index contributed by atoms with van der Waals surface area (Å²) in [5.41, 5.74) is 17.4. The average molecular weight is 679 g/mol. The number of guanidine groups is 1. The molecule has 1 rings (SSSR count). The highest BCUT2D eigenvalue weighted by molar-refractivity contribution is 5.95. The van der Waals surface area contributed by atoms with Crippen LogP contribution in [0.25, 0.3) is 0 Å². The first-order chi connectivity index (χ1) is 22.5. The zero-order chi connectivity index (χ0) is 36.6. The van der Waals surface area contributed by atoms with Gasteiger partial charge in [0, 0.05) is 13.0 Å². The minimum Gasteiger partial charge on any atom is -0.508 e. The highest BCUT2D eigenvalue weighted by Crippen LogP contribution is 2.13. The number of carbonyl (C=O) groups excluding carboxylic acids is 4. The van der Waals surface area contributed by atoms with Crippen molar-refractivity contribution in [3.05, 3.63) is 29.8 Å². The molecule has 268 valence electrons. The van der Waals surface area contributed by atoms with E-state index in [0.29, 0.717) is 12.0 Å². The van der Waals surface area contributed by atoms with Gasteiger partial charge in [-0.2, -0.15) is 0 Å². The predicted molar refractivity (Wildman–Crippen MR) is 176 cm³/mol. The molecule has 0 bridgehead atoms.